The van der Waals surface area contributed by atoms with Crippen molar-refractivity contribution in [1.82, 2.24) is 9.97 Å². The Labute approximate surface area is 93.9 Å². The number of methoxy groups -OCH3 is 1. The van der Waals surface area contributed by atoms with E-state index in [1.807, 2.05) is 26.1 Å². The van der Waals surface area contributed by atoms with Crippen molar-refractivity contribution in [1.29, 1.82) is 5.26 Å². The molecule has 0 aliphatic carbocycles. The fourth-order valence-electron chi connectivity index (χ4n) is 1.63. The van der Waals surface area contributed by atoms with Crippen LogP contribution in [0.3, 0.4) is 0 Å². The van der Waals surface area contributed by atoms with Crippen LogP contribution in [0.25, 0.3) is 11.0 Å². The summed E-state index contributed by atoms with van der Waals surface area (Å²) in [6, 6.07) is 5.97. The van der Waals surface area contributed by atoms with Crippen LogP contribution in [0.1, 0.15) is 19.4 Å². The lowest BCUT2D eigenvalue weighted by Gasteiger charge is -2.13. The van der Waals surface area contributed by atoms with E-state index in [0.29, 0.717) is 5.88 Å². The van der Waals surface area contributed by atoms with E-state index >= 15 is 0 Å². The molecule has 2 rings (SSSR count). The Morgan fingerprint density at radius 1 is 1.44 bits per heavy atom. The fourth-order valence-corrected chi connectivity index (χ4v) is 1.63. The third-order valence-electron chi connectivity index (χ3n) is 2.66. The molecule has 0 atom stereocenters. The van der Waals surface area contributed by atoms with Crippen molar-refractivity contribution in [2.24, 2.45) is 0 Å². The van der Waals surface area contributed by atoms with Gasteiger partial charge in [0.25, 0.3) is 0 Å². The Kier molecular flexibility index (Phi) is 2.31. The normalized spacial score (nSPS) is 11.4. The summed E-state index contributed by atoms with van der Waals surface area (Å²) in [5.41, 5.74) is 2.05. The van der Waals surface area contributed by atoms with E-state index < -0.39 is 5.41 Å². The maximum atomic E-state index is 9.13. The summed E-state index contributed by atoms with van der Waals surface area (Å²) in [6.45, 7) is 3.74. The van der Waals surface area contributed by atoms with E-state index in [9.17, 15) is 0 Å². The van der Waals surface area contributed by atoms with Gasteiger partial charge in [0.15, 0.2) is 0 Å². The summed E-state index contributed by atoms with van der Waals surface area (Å²) in [5, 5.41) is 9.13. The van der Waals surface area contributed by atoms with Crippen molar-refractivity contribution < 1.29 is 4.74 Å². The molecule has 0 aromatic carbocycles. The largest absolute Gasteiger partial charge is 0.481 e. The average molecular weight is 215 g/mol. The molecule has 0 amide bonds. The van der Waals surface area contributed by atoms with E-state index in [2.05, 4.69) is 16.0 Å². The molecule has 82 valence electrons. The number of aromatic amines is 1. The van der Waals surface area contributed by atoms with Crippen molar-refractivity contribution >= 4 is 11.0 Å². The number of H-pyrrole nitrogens is 1. The van der Waals surface area contributed by atoms with Crippen molar-refractivity contribution in [3.63, 3.8) is 0 Å². The summed E-state index contributed by atoms with van der Waals surface area (Å²) in [6.07, 6.45) is 1.83. The molecule has 0 aliphatic rings. The van der Waals surface area contributed by atoms with Gasteiger partial charge in [-0.05, 0) is 19.9 Å². The first kappa shape index (κ1) is 10.5. The van der Waals surface area contributed by atoms with Crippen LogP contribution in [0, 0.1) is 11.3 Å². The average Bonchev–Trinajstić information content (AvgIpc) is 2.72. The van der Waals surface area contributed by atoms with Gasteiger partial charge < -0.3 is 9.72 Å². The van der Waals surface area contributed by atoms with Crippen LogP contribution in [0.5, 0.6) is 5.88 Å². The minimum Gasteiger partial charge on any atom is -0.481 e. The van der Waals surface area contributed by atoms with Gasteiger partial charge in [0, 0.05) is 17.8 Å². The Hall–Kier alpha value is -2.02. The third kappa shape index (κ3) is 1.50. The quantitative estimate of drug-likeness (QED) is 0.836. The highest BCUT2D eigenvalue weighted by atomic mass is 16.5. The van der Waals surface area contributed by atoms with Gasteiger partial charge in [-0.25, -0.2) is 4.98 Å². The number of fused-ring (bicyclic) bond motifs is 1. The minimum absolute atomic E-state index is 0.557. The van der Waals surface area contributed by atoms with Crippen LogP contribution >= 0.6 is 0 Å². The minimum atomic E-state index is -0.558. The number of aromatic nitrogens is 2. The van der Waals surface area contributed by atoms with Gasteiger partial charge in [-0.2, -0.15) is 5.26 Å². The molecule has 0 saturated heterocycles. The number of nitrogens with one attached hydrogen (secondary N) is 1. The molecule has 2 aromatic rings. The Balaban J connectivity index is 2.68. The maximum absolute atomic E-state index is 9.13. The van der Waals surface area contributed by atoms with Crippen molar-refractivity contribution in [2.45, 2.75) is 19.3 Å². The molecule has 1 N–H and O–H groups in total. The third-order valence-corrected chi connectivity index (χ3v) is 2.66. The lowest BCUT2D eigenvalue weighted by Crippen LogP contribution is -2.13. The van der Waals surface area contributed by atoms with Gasteiger partial charge in [-0.1, -0.05) is 0 Å². The smallest absolute Gasteiger partial charge is 0.213 e. The van der Waals surface area contributed by atoms with Crippen LogP contribution in [0.15, 0.2) is 18.3 Å². The van der Waals surface area contributed by atoms with Crippen LogP contribution in [0.4, 0.5) is 0 Å². The Morgan fingerprint density at radius 3 is 2.81 bits per heavy atom. The molecule has 0 saturated carbocycles. The first-order valence-corrected chi connectivity index (χ1v) is 5.02. The predicted molar refractivity (Wildman–Crippen MR) is 61.3 cm³/mol. The summed E-state index contributed by atoms with van der Waals surface area (Å²) in [4.78, 5) is 7.47. The molecule has 0 fully saturated rings. The van der Waals surface area contributed by atoms with Crippen molar-refractivity contribution in [2.75, 3.05) is 7.11 Å². The van der Waals surface area contributed by atoms with Crippen LogP contribution in [-0.4, -0.2) is 17.1 Å². The molecule has 0 aliphatic heterocycles. The molecule has 0 spiro atoms. The summed E-state index contributed by atoms with van der Waals surface area (Å²) in [5.74, 6) is 0.557. The molecular weight excluding hydrogens is 202 g/mol. The standard InChI is InChI=1S/C12H13N3O/c1-12(2,7-13)8-6-14-9-4-5-10(16-3)15-11(8)9/h4-6,14H,1-3H3. The number of pyridine rings is 1. The molecule has 0 radical (unpaired) electrons. The van der Waals surface area contributed by atoms with Gasteiger partial charge >= 0.3 is 0 Å². The molecule has 16 heavy (non-hydrogen) atoms. The summed E-state index contributed by atoms with van der Waals surface area (Å²) >= 11 is 0. The summed E-state index contributed by atoms with van der Waals surface area (Å²) < 4.78 is 5.09. The zero-order chi connectivity index (χ0) is 11.8. The second-order valence-corrected chi connectivity index (χ2v) is 4.19. The highest BCUT2D eigenvalue weighted by molar-refractivity contribution is 5.81. The lowest BCUT2D eigenvalue weighted by atomic mass is 9.87. The zero-order valence-electron chi connectivity index (χ0n) is 9.53. The number of hydrogen-bond donors (Lipinski definition) is 1. The van der Waals surface area contributed by atoms with Crippen LogP contribution in [-0.2, 0) is 5.41 Å². The van der Waals surface area contributed by atoms with E-state index in [4.69, 9.17) is 10.00 Å². The highest BCUT2D eigenvalue weighted by Crippen LogP contribution is 2.29. The van der Waals surface area contributed by atoms with E-state index in [1.165, 1.54) is 0 Å². The van der Waals surface area contributed by atoms with Gasteiger partial charge in [0.1, 0.15) is 0 Å². The second kappa shape index (κ2) is 3.53. The molecule has 0 unspecified atom stereocenters. The fraction of sp³-hybridized carbons (Fsp3) is 0.333. The number of rotatable bonds is 2. The maximum Gasteiger partial charge on any atom is 0.213 e. The molecule has 2 heterocycles. The molecule has 4 nitrogen and oxygen atoms in total. The monoisotopic (exact) mass is 215 g/mol. The Morgan fingerprint density at radius 2 is 2.19 bits per heavy atom. The topological polar surface area (TPSA) is 61.7 Å². The SMILES string of the molecule is COc1ccc2[nH]cc(C(C)(C)C#N)c2n1. The zero-order valence-corrected chi connectivity index (χ0v) is 9.53. The van der Waals surface area contributed by atoms with E-state index in [1.54, 1.807) is 13.2 Å². The number of hydrogen-bond acceptors (Lipinski definition) is 3. The van der Waals surface area contributed by atoms with E-state index in [0.717, 1.165) is 16.6 Å². The summed E-state index contributed by atoms with van der Waals surface area (Å²) in [7, 11) is 1.58. The molecular formula is C12H13N3O. The number of nitrogens with zero attached hydrogens (tertiary/aromatic N) is 2. The van der Waals surface area contributed by atoms with Crippen LogP contribution < -0.4 is 4.74 Å². The Bertz CT molecular complexity index is 563. The molecule has 2 aromatic heterocycles. The number of ether oxygens (including phenoxy) is 1. The first-order chi connectivity index (χ1) is 7.58. The highest BCUT2D eigenvalue weighted by Gasteiger charge is 2.24. The van der Waals surface area contributed by atoms with Crippen molar-refractivity contribution in [3.8, 4) is 11.9 Å². The van der Waals surface area contributed by atoms with E-state index in [-0.39, 0.29) is 0 Å². The molecule has 4 heteroatoms. The lowest BCUT2D eigenvalue weighted by molar-refractivity contribution is 0.399. The first-order valence-electron chi connectivity index (χ1n) is 5.02. The number of nitriles is 1. The predicted octanol–water partition coefficient (Wildman–Crippen LogP) is 2.37. The van der Waals surface area contributed by atoms with Crippen molar-refractivity contribution in [3.05, 3.63) is 23.9 Å². The van der Waals surface area contributed by atoms with Gasteiger partial charge in [0.2, 0.25) is 5.88 Å². The molecule has 0 bridgehead atoms. The second-order valence-electron chi connectivity index (χ2n) is 4.19. The van der Waals surface area contributed by atoms with Gasteiger partial charge in [-0.3, -0.25) is 0 Å². The van der Waals surface area contributed by atoms with Gasteiger partial charge in [-0.15, -0.1) is 0 Å². The van der Waals surface area contributed by atoms with Gasteiger partial charge in [0.05, 0.1) is 29.6 Å². The van der Waals surface area contributed by atoms with Crippen LogP contribution in [0.2, 0.25) is 0 Å².